The van der Waals surface area contributed by atoms with Gasteiger partial charge in [-0.2, -0.15) is 0 Å². The zero-order valence-electron chi connectivity index (χ0n) is 28.6. The molecule has 0 amide bonds. The Morgan fingerprint density at radius 2 is 1.59 bits per heavy atom. The Bertz CT molecular complexity index is 1880. The number of allylic oxidation sites excluding steroid dienone is 5. The molecule has 0 fully saturated rings. The van der Waals surface area contributed by atoms with E-state index in [4.69, 9.17) is 0 Å². The molecule has 0 unspecified atom stereocenters. The van der Waals surface area contributed by atoms with Gasteiger partial charge < -0.3 is 14.9 Å². The largest absolute Gasteiger partial charge is 0.512 e. The summed E-state index contributed by atoms with van der Waals surface area (Å²) >= 11 is 0. The van der Waals surface area contributed by atoms with Crippen molar-refractivity contribution in [2.75, 3.05) is 4.90 Å². The van der Waals surface area contributed by atoms with Gasteiger partial charge in [-0.25, -0.2) is 0 Å². The van der Waals surface area contributed by atoms with Crippen LogP contribution in [0.2, 0.25) is 0 Å². The normalized spacial score (nSPS) is 14.2. The summed E-state index contributed by atoms with van der Waals surface area (Å²) in [5.74, 6) is 1.71. The molecular formula is C42H43BIrN3O2-. The van der Waals surface area contributed by atoms with Gasteiger partial charge in [-0.3, -0.25) is 9.69 Å². The molecule has 49 heavy (non-hydrogen) atoms. The Balaban J connectivity index is 0.000000252. The number of rotatable bonds is 9. The van der Waals surface area contributed by atoms with Crippen LogP contribution in [0.4, 0.5) is 11.4 Å². The van der Waals surface area contributed by atoms with Crippen molar-refractivity contribution in [3.05, 3.63) is 144 Å². The number of nitrogens with zero attached hydrogens (tertiary/aromatic N) is 3. The number of pyridine rings is 1. The van der Waals surface area contributed by atoms with Crippen molar-refractivity contribution < 1.29 is 30.0 Å². The van der Waals surface area contributed by atoms with Crippen LogP contribution < -0.4 is 15.8 Å². The first-order valence-electron chi connectivity index (χ1n) is 17.2. The zero-order valence-corrected chi connectivity index (χ0v) is 31.0. The van der Waals surface area contributed by atoms with E-state index in [1.807, 2.05) is 52.1 Å². The van der Waals surface area contributed by atoms with Crippen LogP contribution in [0.1, 0.15) is 58.9 Å². The fourth-order valence-electron chi connectivity index (χ4n) is 6.94. The second-order valence-corrected chi connectivity index (χ2v) is 12.4. The molecule has 0 aliphatic carbocycles. The van der Waals surface area contributed by atoms with Crippen molar-refractivity contribution >= 4 is 41.0 Å². The smallest absolute Gasteiger partial charge is 0.313 e. The van der Waals surface area contributed by atoms with Crippen LogP contribution in [-0.2, 0) is 24.9 Å². The zero-order chi connectivity index (χ0) is 33.6. The van der Waals surface area contributed by atoms with Gasteiger partial charge in [0.05, 0.1) is 5.76 Å². The van der Waals surface area contributed by atoms with Crippen LogP contribution in [0.15, 0.2) is 133 Å². The maximum absolute atomic E-state index is 11.7. The Morgan fingerprint density at radius 1 is 0.898 bits per heavy atom. The van der Waals surface area contributed by atoms with E-state index in [1.165, 1.54) is 33.9 Å². The molecule has 0 saturated carbocycles. The van der Waals surface area contributed by atoms with Gasteiger partial charge >= 0.3 is 6.85 Å². The number of carbonyl (C=O) groups is 1. The quantitative estimate of drug-likeness (QED) is 0.0793. The van der Waals surface area contributed by atoms with Crippen LogP contribution in [-0.4, -0.2) is 27.5 Å². The van der Waals surface area contributed by atoms with Crippen LogP contribution in [0, 0.1) is 17.9 Å². The summed E-state index contributed by atoms with van der Waals surface area (Å²) in [6, 6.07) is 33.2. The van der Waals surface area contributed by atoms with Gasteiger partial charge in [0.2, 0.25) is 0 Å². The molecule has 0 spiro atoms. The van der Waals surface area contributed by atoms with Crippen LogP contribution >= 0.6 is 0 Å². The third-order valence-electron chi connectivity index (χ3n) is 9.65. The standard InChI is InChI=1S/C29H19BN3.C13H24O2.Ir/c1-2-9-23(10-3-1)32-28-14-5-4-12-25(28)30-26-20-22(27-13-6-7-18-31-27)17-16-21(26)19-24-11-8-15-29(32)33(24)30;1-5-10(6-2)12(14)9-13(15)11(7-3)8-4;/h1-16,18-20H;9-11,14H,5-8H2,1-4H3;/q-1;;/b;12-9-;. The Morgan fingerprint density at radius 3 is 2.29 bits per heavy atom. The summed E-state index contributed by atoms with van der Waals surface area (Å²) in [5, 5.41) is 9.76. The Kier molecular flexibility index (Phi) is 11.9. The maximum Gasteiger partial charge on any atom is 0.313 e. The average molecular weight is 825 g/mol. The molecule has 251 valence electrons. The van der Waals surface area contributed by atoms with E-state index in [1.54, 1.807) is 0 Å². The molecule has 1 radical (unpaired) electrons. The van der Waals surface area contributed by atoms with Crippen molar-refractivity contribution in [2.45, 2.75) is 53.4 Å². The molecule has 4 heterocycles. The van der Waals surface area contributed by atoms with E-state index in [-0.39, 0.29) is 50.3 Å². The SMILES string of the molecule is CCC(CC)C(=O)/C=C(\O)C(CC)CC.[Ir].[c-]1cc2c(cc1-c1ccccn1)B1c3ccccc3N(c3ccccc3)C3=CC=CC(=C2)N13. The molecule has 1 aromatic heterocycles. The fourth-order valence-corrected chi connectivity index (χ4v) is 6.94. The molecule has 3 aromatic carbocycles. The molecule has 4 aromatic rings. The third-order valence-corrected chi connectivity index (χ3v) is 9.65. The van der Waals surface area contributed by atoms with Crippen molar-refractivity contribution in [3.8, 4) is 11.3 Å². The molecule has 3 aliphatic heterocycles. The molecular weight excluding hydrogens is 782 g/mol. The number of carbonyl (C=O) groups excluding carboxylic acids is 1. The summed E-state index contributed by atoms with van der Waals surface area (Å²) in [5.41, 5.74) is 9.31. The number of hydrogen-bond acceptors (Lipinski definition) is 5. The van der Waals surface area contributed by atoms with Gasteiger partial charge in [0.15, 0.2) is 5.78 Å². The molecule has 0 bridgehead atoms. The summed E-state index contributed by atoms with van der Waals surface area (Å²) in [7, 11) is 0. The average Bonchev–Trinajstić information content (AvgIpc) is 3.13. The number of ketones is 1. The van der Waals surface area contributed by atoms with Crippen LogP contribution in [0.5, 0.6) is 0 Å². The number of para-hydroxylation sites is 2. The summed E-state index contributed by atoms with van der Waals surface area (Å²) < 4.78 is 0. The number of aliphatic hydroxyl groups excluding tert-OH is 1. The number of aliphatic hydroxyl groups is 1. The molecule has 1 N–H and O–H groups in total. The molecule has 5 nitrogen and oxygen atoms in total. The second-order valence-electron chi connectivity index (χ2n) is 12.4. The Labute approximate surface area is 305 Å². The van der Waals surface area contributed by atoms with E-state index in [0.717, 1.165) is 48.4 Å². The first kappa shape index (κ1) is 35.9. The van der Waals surface area contributed by atoms with E-state index in [2.05, 4.69) is 112 Å². The molecule has 0 atom stereocenters. The van der Waals surface area contributed by atoms with E-state index < -0.39 is 0 Å². The van der Waals surface area contributed by atoms with E-state index >= 15 is 0 Å². The van der Waals surface area contributed by atoms with E-state index in [0.29, 0.717) is 0 Å². The number of anilines is 2. The Hall–Kier alpha value is -4.45. The first-order chi connectivity index (χ1) is 23.5. The number of hydrogen-bond donors (Lipinski definition) is 1. The van der Waals surface area contributed by atoms with E-state index in [9.17, 15) is 9.90 Å². The molecule has 0 saturated heterocycles. The van der Waals surface area contributed by atoms with Gasteiger partial charge in [0.1, 0.15) is 5.82 Å². The molecule has 7 rings (SSSR count). The molecule has 7 heteroatoms. The van der Waals surface area contributed by atoms with Gasteiger partial charge in [-0.1, -0.05) is 88.4 Å². The third kappa shape index (κ3) is 7.29. The van der Waals surface area contributed by atoms with Crippen molar-refractivity contribution in [1.82, 2.24) is 9.79 Å². The first-order valence-corrected chi connectivity index (χ1v) is 17.2. The predicted octanol–water partition coefficient (Wildman–Crippen LogP) is 8.74. The van der Waals surface area contributed by atoms with Gasteiger partial charge in [0, 0.05) is 61.3 Å². The predicted molar refractivity (Wildman–Crippen MR) is 199 cm³/mol. The van der Waals surface area contributed by atoms with Crippen LogP contribution in [0.3, 0.4) is 0 Å². The summed E-state index contributed by atoms with van der Waals surface area (Å²) in [6.45, 7) is 8.16. The number of aromatic nitrogens is 1. The second kappa shape index (κ2) is 16.3. The van der Waals surface area contributed by atoms with Gasteiger partial charge in [-0.15, -0.1) is 34.8 Å². The van der Waals surface area contributed by atoms with Gasteiger partial charge in [-0.05, 0) is 73.3 Å². The fraction of sp³-hybridized carbons (Fsp3) is 0.238. The van der Waals surface area contributed by atoms with Crippen molar-refractivity contribution in [3.63, 3.8) is 0 Å². The monoisotopic (exact) mass is 825 g/mol. The van der Waals surface area contributed by atoms with Crippen molar-refractivity contribution in [2.24, 2.45) is 11.8 Å². The minimum atomic E-state index is 0. The maximum atomic E-state index is 11.7. The summed E-state index contributed by atoms with van der Waals surface area (Å²) in [4.78, 5) is 21.1. The minimum absolute atomic E-state index is 0. The van der Waals surface area contributed by atoms with Crippen molar-refractivity contribution in [1.29, 1.82) is 0 Å². The van der Waals surface area contributed by atoms with Crippen LogP contribution in [0.25, 0.3) is 17.3 Å². The minimum Gasteiger partial charge on any atom is -0.512 e. The van der Waals surface area contributed by atoms with Gasteiger partial charge in [0.25, 0.3) is 0 Å². The topological polar surface area (TPSA) is 56.7 Å². The number of benzene rings is 3. The summed E-state index contributed by atoms with van der Waals surface area (Å²) in [6.07, 6.45) is 15.6. The molecule has 3 aliphatic rings. The number of fused-ring (bicyclic) bond motifs is 4.